The zero-order valence-corrected chi connectivity index (χ0v) is 12.2. The molecule has 2 rings (SSSR count). The van der Waals surface area contributed by atoms with Gasteiger partial charge in [0.05, 0.1) is 13.2 Å². The number of hydrogen-bond acceptors (Lipinski definition) is 3. The molecule has 2 unspecified atom stereocenters. The zero-order chi connectivity index (χ0) is 13.7. The predicted molar refractivity (Wildman–Crippen MR) is 78.2 cm³/mol. The fourth-order valence-electron chi connectivity index (χ4n) is 2.87. The van der Waals surface area contributed by atoms with Crippen LogP contribution in [0.25, 0.3) is 0 Å². The number of nitrogens with one attached hydrogen (secondary N) is 1. The minimum absolute atomic E-state index is 0.646. The molecule has 1 saturated carbocycles. The summed E-state index contributed by atoms with van der Waals surface area (Å²) < 4.78 is 11.3. The fraction of sp³-hybridized carbons (Fsp3) is 0.625. The molecule has 0 saturated heterocycles. The van der Waals surface area contributed by atoms with Crippen LogP contribution in [0.5, 0.6) is 11.5 Å². The van der Waals surface area contributed by atoms with Crippen LogP contribution < -0.4 is 14.8 Å². The SMILES string of the molecule is CCOc1ccc(C2CCC(NC)C2)cc1OCC. The first-order chi connectivity index (χ1) is 9.28. The minimum Gasteiger partial charge on any atom is -0.490 e. The van der Waals surface area contributed by atoms with Crippen LogP contribution in [0.1, 0.15) is 44.6 Å². The average molecular weight is 263 g/mol. The van der Waals surface area contributed by atoms with Crippen molar-refractivity contribution in [2.24, 2.45) is 0 Å². The van der Waals surface area contributed by atoms with Crippen molar-refractivity contribution in [3.63, 3.8) is 0 Å². The Bertz CT molecular complexity index is 406. The Balaban J connectivity index is 2.15. The van der Waals surface area contributed by atoms with Crippen molar-refractivity contribution in [3.8, 4) is 11.5 Å². The molecule has 2 atom stereocenters. The molecule has 0 bridgehead atoms. The Kier molecular flexibility index (Phi) is 5.08. The molecule has 19 heavy (non-hydrogen) atoms. The van der Waals surface area contributed by atoms with E-state index in [1.165, 1.54) is 24.8 Å². The fourth-order valence-corrected chi connectivity index (χ4v) is 2.87. The zero-order valence-electron chi connectivity index (χ0n) is 12.2. The first kappa shape index (κ1) is 14.2. The molecular weight excluding hydrogens is 238 g/mol. The highest BCUT2D eigenvalue weighted by molar-refractivity contribution is 5.44. The van der Waals surface area contributed by atoms with E-state index in [1.54, 1.807) is 0 Å². The second kappa shape index (κ2) is 6.80. The summed E-state index contributed by atoms with van der Waals surface area (Å²) in [5.41, 5.74) is 1.38. The summed E-state index contributed by atoms with van der Waals surface area (Å²) in [7, 11) is 2.05. The lowest BCUT2D eigenvalue weighted by atomic mass is 9.97. The Hall–Kier alpha value is -1.22. The standard InChI is InChI=1S/C16H25NO2/c1-4-18-15-9-7-13(11-16(15)19-5-2)12-6-8-14(10-12)17-3/h7,9,11-12,14,17H,4-6,8,10H2,1-3H3. The molecule has 1 aromatic carbocycles. The largest absolute Gasteiger partial charge is 0.490 e. The normalized spacial score (nSPS) is 22.5. The first-order valence-corrected chi connectivity index (χ1v) is 7.35. The van der Waals surface area contributed by atoms with Crippen LogP contribution in [0.3, 0.4) is 0 Å². The Morgan fingerprint density at radius 3 is 2.47 bits per heavy atom. The van der Waals surface area contributed by atoms with Gasteiger partial charge in [-0.3, -0.25) is 0 Å². The van der Waals surface area contributed by atoms with Gasteiger partial charge in [0.25, 0.3) is 0 Å². The van der Waals surface area contributed by atoms with Crippen LogP contribution in [0.2, 0.25) is 0 Å². The maximum atomic E-state index is 5.70. The molecule has 1 aromatic rings. The van der Waals surface area contributed by atoms with E-state index in [0.717, 1.165) is 11.5 Å². The van der Waals surface area contributed by atoms with Crippen LogP contribution in [-0.2, 0) is 0 Å². The van der Waals surface area contributed by atoms with Crippen LogP contribution >= 0.6 is 0 Å². The van der Waals surface area contributed by atoms with Crippen molar-refractivity contribution < 1.29 is 9.47 Å². The lowest BCUT2D eigenvalue weighted by Crippen LogP contribution is -2.21. The summed E-state index contributed by atoms with van der Waals surface area (Å²) in [6.45, 7) is 5.35. The van der Waals surface area contributed by atoms with E-state index in [4.69, 9.17) is 9.47 Å². The Morgan fingerprint density at radius 2 is 1.84 bits per heavy atom. The Morgan fingerprint density at radius 1 is 1.11 bits per heavy atom. The van der Waals surface area contributed by atoms with Gasteiger partial charge in [-0.2, -0.15) is 0 Å². The van der Waals surface area contributed by atoms with E-state index >= 15 is 0 Å². The van der Waals surface area contributed by atoms with Gasteiger partial charge in [-0.05, 0) is 63.8 Å². The quantitative estimate of drug-likeness (QED) is 0.854. The van der Waals surface area contributed by atoms with Crippen LogP contribution in [0.15, 0.2) is 18.2 Å². The molecule has 1 aliphatic rings. The third-order valence-electron chi connectivity index (χ3n) is 3.88. The molecule has 0 aliphatic heterocycles. The molecule has 0 amide bonds. The van der Waals surface area contributed by atoms with Gasteiger partial charge < -0.3 is 14.8 Å². The van der Waals surface area contributed by atoms with E-state index in [-0.39, 0.29) is 0 Å². The van der Waals surface area contributed by atoms with Crippen molar-refractivity contribution in [2.75, 3.05) is 20.3 Å². The van der Waals surface area contributed by atoms with Crippen molar-refractivity contribution in [2.45, 2.75) is 45.1 Å². The summed E-state index contributed by atoms with van der Waals surface area (Å²) in [5, 5.41) is 3.38. The maximum absolute atomic E-state index is 5.70. The minimum atomic E-state index is 0.646. The summed E-state index contributed by atoms with van der Waals surface area (Å²) in [6, 6.07) is 7.07. The highest BCUT2D eigenvalue weighted by atomic mass is 16.5. The van der Waals surface area contributed by atoms with Gasteiger partial charge >= 0.3 is 0 Å². The first-order valence-electron chi connectivity index (χ1n) is 7.35. The predicted octanol–water partition coefficient (Wildman–Crippen LogP) is 3.34. The molecule has 1 aliphatic carbocycles. The molecular formula is C16H25NO2. The third-order valence-corrected chi connectivity index (χ3v) is 3.88. The second-order valence-electron chi connectivity index (χ2n) is 5.07. The molecule has 0 radical (unpaired) electrons. The lowest BCUT2D eigenvalue weighted by Gasteiger charge is -2.16. The number of rotatable bonds is 6. The van der Waals surface area contributed by atoms with Gasteiger partial charge in [-0.25, -0.2) is 0 Å². The molecule has 3 heteroatoms. The number of benzene rings is 1. The van der Waals surface area contributed by atoms with Crippen molar-refractivity contribution in [3.05, 3.63) is 23.8 Å². The van der Waals surface area contributed by atoms with Gasteiger partial charge in [-0.15, -0.1) is 0 Å². The van der Waals surface area contributed by atoms with Crippen molar-refractivity contribution in [1.29, 1.82) is 0 Å². The molecule has 0 aromatic heterocycles. The van der Waals surface area contributed by atoms with Gasteiger partial charge in [0.15, 0.2) is 11.5 Å². The summed E-state index contributed by atoms with van der Waals surface area (Å²) in [5.74, 6) is 2.39. The molecule has 0 spiro atoms. The summed E-state index contributed by atoms with van der Waals surface area (Å²) >= 11 is 0. The van der Waals surface area contributed by atoms with E-state index < -0.39 is 0 Å². The van der Waals surface area contributed by atoms with E-state index in [0.29, 0.717) is 25.2 Å². The highest BCUT2D eigenvalue weighted by Crippen LogP contribution is 2.38. The van der Waals surface area contributed by atoms with Gasteiger partial charge in [0, 0.05) is 6.04 Å². The van der Waals surface area contributed by atoms with Gasteiger partial charge in [0.1, 0.15) is 0 Å². The topological polar surface area (TPSA) is 30.5 Å². The molecule has 1 fully saturated rings. The van der Waals surface area contributed by atoms with Crippen molar-refractivity contribution in [1.82, 2.24) is 5.32 Å². The summed E-state index contributed by atoms with van der Waals surface area (Å²) in [6.07, 6.45) is 3.74. The van der Waals surface area contributed by atoms with Gasteiger partial charge in [-0.1, -0.05) is 6.07 Å². The van der Waals surface area contributed by atoms with Gasteiger partial charge in [0.2, 0.25) is 0 Å². The van der Waals surface area contributed by atoms with Crippen LogP contribution in [-0.4, -0.2) is 26.3 Å². The highest BCUT2D eigenvalue weighted by Gasteiger charge is 2.25. The van der Waals surface area contributed by atoms with E-state index in [2.05, 4.69) is 30.6 Å². The second-order valence-corrected chi connectivity index (χ2v) is 5.07. The molecule has 0 heterocycles. The molecule has 3 nitrogen and oxygen atoms in total. The Labute approximate surface area is 116 Å². The molecule has 1 N–H and O–H groups in total. The number of ether oxygens (including phenoxy) is 2. The van der Waals surface area contributed by atoms with Crippen LogP contribution in [0.4, 0.5) is 0 Å². The van der Waals surface area contributed by atoms with E-state index in [9.17, 15) is 0 Å². The maximum Gasteiger partial charge on any atom is 0.161 e. The van der Waals surface area contributed by atoms with E-state index in [1.807, 2.05) is 13.8 Å². The third kappa shape index (κ3) is 3.41. The average Bonchev–Trinajstić information content (AvgIpc) is 2.90. The smallest absolute Gasteiger partial charge is 0.161 e. The lowest BCUT2D eigenvalue weighted by molar-refractivity contribution is 0.287. The van der Waals surface area contributed by atoms with Crippen LogP contribution in [0, 0.1) is 0 Å². The molecule has 106 valence electrons. The summed E-state index contributed by atoms with van der Waals surface area (Å²) in [4.78, 5) is 0. The number of hydrogen-bond donors (Lipinski definition) is 1. The monoisotopic (exact) mass is 263 g/mol. The van der Waals surface area contributed by atoms with Crippen molar-refractivity contribution >= 4 is 0 Å².